The molecule has 1 spiro atoms. The summed E-state index contributed by atoms with van der Waals surface area (Å²) >= 11 is 0. The summed E-state index contributed by atoms with van der Waals surface area (Å²) in [5.41, 5.74) is 5.33. The molecule has 0 bridgehead atoms. The summed E-state index contributed by atoms with van der Waals surface area (Å²) in [4.78, 5) is 18.9. The first-order valence-corrected chi connectivity index (χ1v) is 15.0. The Morgan fingerprint density at radius 2 is 1.76 bits per heavy atom. The lowest BCUT2D eigenvalue weighted by atomic mass is 9.89. The number of hydrogen-bond donors (Lipinski definition) is 0. The molecule has 2 atom stereocenters. The van der Waals surface area contributed by atoms with Gasteiger partial charge in [-0.2, -0.15) is 15.3 Å². The van der Waals surface area contributed by atoms with Crippen LogP contribution < -0.4 is 5.56 Å². The molecule has 8 heteroatoms. The van der Waals surface area contributed by atoms with E-state index in [0.29, 0.717) is 17.8 Å². The van der Waals surface area contributed by atoms with Gasteiger partial charge >= 0.3 is 0 Å². The molecule has 210 valence electrons. The molecule has 1 aliphatic heterocycles. The number of hydrogen-bond acceptors (Lipinski definition) is 6. The zero-order valence-electron chi connectivity index (χ0n) is 23.5. The number of fused-ring (bicyclic) bond motifs is 2. The fraction of sp³-hybridized carbons (Fsp3) is 0.455. The van der Waals surface area contributed by atoms with E-state index in [1.54, 1.807) is 6.33 Å². The van der Waals surface area contributed by atoms with Crippen LogP contribution in [0, 0.1) is 11.3 Å². The van der Waals surface area contributed by atoms with E-state index < -0.39 is 5.79 Å². The maximum absolute atomic E-state index is 14.3. The number of nitrogens with zero attached hydrogens (tertiary/aromatic N) is 5. The Labute approximate surface area is 239 Å². The quantitative estimate of drug-likeness (QED) is 0.304. The minimum absolute atomic E-state index is 0.0201. The maximum Gasteiger partial charge on any atom is 0.259 e. The fourth-order valence-corrected chi connectivity index (χ4v) is 7.19. The number of ether oxygens (including phenoxy) is 2. The van der Waals surface area contributed by atoms with Gasteiger partial charge in [0, 0.05) is 30.9 Å². The summed E-state index contributed by atoms with van der Waals surface area (Å²) in [6.45, 7) is 2.12. The predicted octanol–water partition coefficient (Wildman–Crippen LogP) is 5.75. The largest absolute Gasteiger partial charge is 0.344 e. The van der Waals surface area contributed by atoms with Gasteiger partial charge < -0.3 is 9.47 Å². The van der Waals surface area contributed by atoms with Crippen molar-refractivity contribution in [1.29, 1.82) is 5.26 Å². The average Bonchev–Trinajstić information content (AvgIpc) is 3.73. The Morgan fingerprint density at radius 1 is 1.02 bits per heavy atom. The second-order valence-electron chi connectivity index (χ2n) is 11.7. The van der Waals surface area contributed by atoms with Crippen LogP contribution in [0.4, 0.5) is 0 Å². The molecule has 41 heavy (non-hydrogen) atoms. The van der Waals surface area contributed by atoms with Gasteiger partial charge in [-0.1, -0.05) is 55.8 Å². The lowest BCUT2D eigenvalue weighted by molar-refractivity contribution is -0.202. The molecule has 2 saturated carbocycles. The second-order valence-corrected chi connectivity index (χ2v) is 11.7. The van der Waals surface area contributed by atoms with Crippen molar-refractivity contribution in [2.45, 2.75) is 95.2 Å². The Kier molecular flexibility index (Phi) is 6.72. The molecule has 1 saturated heterocycles. The van der Waals surface area contributed by atoms with Crippen molar-refractivity contribution in [3.8, 4) is 17.2 Å². The number of rotatable bonds is 6. The summed E-state index contributed by atoms with van der Waals surface area (Å²) in [7, 11) is 0. The lowest BCUT2D eigenvalue weighted by Gasteiger charge is -2.37. The van der Waals surface area contributed by atoms with Crippen LogP contribution >= 0.6 is 0 Å². The minimum Gasteiger partial charge on any atom is -0.344 e. The Bertz CT molecular complexity index is 1660. The zero-order chi connectivity index (χ0) is 28.0. The first-order chi connectivity index (χ1) is 20.1. The van der Waals surface area contributed by atoms with E-state index in [1.807, 2.05) is 45.5 Å². The van der Waals surface area contributed by atoms with Gasteiger partial charge in [0.2, 0.25) is 5.78 Å². The van der Waals surface area contributed by atoms with Crippen LogP contribution in [-0.2, 0) is 22.3 Å². The van der Waals surface area contributed by atoms with Crippen molar-refractivity contribution in [3.05, 3.63) is 87.6 Å². The Morgan fingerprint density at radius 3 is 2.46 bits per heavy atom. The smallest absolute Gasteiger partial charge is 0.259 e. The van der Waals surface area contributed by atoms with Crippen molar-refractivity contribution >= 4 is 5.78 Å². The molecule has 3 fully saturated rings. The molecular weight excluding hydrogens is 514 g/mol. The van der Waals surface area contributed by atoms with E-state index in [0.717, 1.165) is 79.3 Å². The highest BCUT2D eigenvalue weighted by atomic mass is 16.8. The molecule has 3 aliphatic rings. The highest BCUT2D eigenvalue weighted by Crippen LogP contribution is 2.47. The van der Waals surface area contributed by atoms with E-state index in [-0.39, 0.29) is 23.8 Å². The lowest BCUT2D eigenvalue weighted by Crippen LogP contribution is -2.40. The van der Waals surface area contributed by atoms with Gasteiger partial charge in [0.15, 0.2) is 5.79 Å². The second kappa shape index (κ2) is 10.6. The van der Waals surface area contributed by atoms with Gasteiger partial charge in [-0.05, 0) is 61.3 Å². The molecule has 4 aromatic rings. The molecule has 7 rings (SSSR count). The molecule has 2 aromatic heterocycles. The standard InChI is InChI=1S/C33H35N5O3/c1-2-6-28-27(19-22-11-13-23(14-12-22)26-8-4-3-7-24(26)20-34)31(39)37(32-35-21-36-38(28)32)25-15-17-33(18-16-25)40-29-9-5-10-30(29)41-33/h3-4,7-8,11-14,21,25,29-30H,2,5-6,9-10,15-19H2,1H3/t25?,29-,30+,33?. The number of benzene rings is 2. The van der Waals surface area contributed by atoms with Gasteiger partial charge in [0.25, 0.3) is 5.56 Å². The van der Waals surface area contributed by atoms with Gasteiger partial charge in [0.05, 0.1) is 29.5 Å². The molecular formula is C33H35N5O3. The molecule has 3 heterocycles. The highest BCUT2D eigenvalue weighted by molar-refractivity contribution is 5.70. The van der Waals surface area contributed by atoms with E-state index in [1.165, 1.54) is 6.42 Å². The molecule has 8 nitrogen and oxygen atoms in total. The van der Waals surface area contributed by atoms with Crippen LogP contribution in [0.15, 0.2) is 59.7 Å². The van der Waals surface area contributed by atoms with Gasteiger partial charge in [-0.15, -0.1) is 0 Å². The molecule has 0 unspecified atom stereocenters. The summed E-state index contributed by atoms with van der Waals surface area (Å²) in [5.74, 6) is 0.133. The highest BCUT2D eigenvalue weighted by Gasteiger charge is 2.51. The van der Waals surface area contributed by atoms with E-state index in [9.17, 15) is 10.1 Å². The average molecular weight is 550 g/mol. The molecule has 2 aliphatic carbocycles. The van der Waals surface area contributed by atoms with E-state index >= 15 is 0 Å². The zero-order valence-corrected chi connectivity index (χ0v) is 23.5. The monoisotopic (exact) mass is 549 g/mol. The number of nitriles is 1. The van der Waals surface area contributed by atoms with Crippen molar-refractivity contribution in [2.75, 3.05) is 0 Å². The Hall–Kier alpha value is -3.80. The summed E-state index contributed by atoms with van der Waals surface area (Å²) in [5, 5.41) is 14.1. The molecule has 2 aromatic carbocycles. The van der Waals surface area contributed by atoms with Crippen LogP contribution in [0.25, 0.3) is 16.9 Å². The normalized spacial score (nSPS) is 25.5. The van der Waals surface area contributed by atoms with Crippen LogP contribution in [0.5, 0.6) is 0 Å². The van der Waals surface area contributed by atoms with E-state index in [4.69, 9.17) is 9.47 Å². The van der Waals surface area contributed by atoms with Crippen LogP contribution in [0.1, 0.15) is 86.7 Å². The third-order valence-corrected chi connectivity index (χ3v) is 9.21. The maximum atomic E-state index is 14.3. The van der Waals surface area contributed by atoms with Crippen molar-refractivity contribution < 1.29 is 9.47 Å². The third-order valence-electron chi connectivity index (χ3n) is 9.21. The van der Waals surface area contributed by atoms with Crippen LogP contribution in [-0.4, -0.2) is 37.2 Å². The molecule has 0 amide bonds. The molecule has 0 radical (unpaired) electrons. The van der Waals surface area contributed by atoms with Crippen molar-refractivity contribution in [1.82, 2.24) is 19.2 Å². The van der Waals surface area contributed by atoms with Crippen LogP contribution in [0.3, 0.4) is 0 Å². The summed E-state index contributed by atoms with van der Waals surface area (Å²) in [6, 6.07) is 18.1. The summed E-state index contributed by atoms with van der Waals surface area (Å²) < 4.78 is 16.7. The van der Waals surface area contributed by atoms with Crippen molar-refractivity contribution in [2.24, 2.45) is 0 Å². The van der Waals surface area contributed by atoms with Gasteiger partial charge in [-0.25, -0.2) is 4.52 Å². The third kappa shape index (κ3) is 4.58. The topological polar surface area (TPSA) is 94.4 Å². The number of aryl methyl sites for hydroxylation is 1. The first-order valence-electron chi connectivity index (χ1n) is 15.0. The number of aromatic nitrogens is 4. The fourth-order valence-electron chi connectivity index (χ4n) is 7.19. The predicted molar refractivity (Wildman–Crippen MR) is 154 cm³/mol. The summed E-state index contributed by atoms with van der Waals surface area (Å²) in [6.07, 6.45) is 10.7. The van der Waals surface area contributed by atoms with Crippen molar-refractivity contribution in [3.63, 3.8) is 0 Å². The minimum atomic E-state index is -0.489. The Balaban J connectivity index is 1.21. The van der Waals surface area contributed by atoms with Crippen LogP contribution in [0.2, 0.25) is 0 Å². The van der Waals surface area contributed by atoms with Gasteiger partial charge in [0.1, 0.15) is 6.33 Å². The van der Waals surface area contributed by atoms with Gasteiger partial charge in [-0.3, -0.25) is 9.36 Å². The SMILES string of the molecule is CCCc1c(Cc2ccc(-c3ccccc3C#N)cc2)c(=O)n(C2CCC3(CC2)O[C@H]2CCC[C@H]2O3)c2ncnn12. The molecule has 0 N–H and O–H groups in total. The van der Waals surface area contributed by atoms with E-state index in [2.05, 4.69) is 35.2 Å². The first kappa shape index (κ1) is 26.1.